The molecule has 4 heterocycles. The summed E-state index contributed by atoms with van der Waals surface area (Å²) in [6.45, 7) is 1.42. The summed E-state index contributed by atoms with van der Waals surface area (Å²) in [4.78, 5) is 20.5. The van der Waals surface area contributed by atoms with Gasteiger partial charge in [-0.05, 0) is 55.7 Å². The molecule has 26 heavy (non-hydrogen) atoms. The van der Waals surface area contributed by atoms with Gasteiger partial charge in [-0.15, -0.1) is 11.3 Å². The minimum atomic E-state index is 0.0257. The quantitative estimate of drug-likeness (QED) is 0.654. The van der Waals surface area contributed by atoms with Crippen LogP contribution in [-0.2, 0) is 13.0 Å². The summed E-state index contributed by atoms with van der Waals surface area (Å²) in [7, 11) is 0. The lowest BCUT2D eigenvalue weighted by molar-refractivity contribution is 0.0568. The molecule has 1 atom stereocenters. The summed E-state index contributed by atoms with van der Waals surface area (Å²) >= 11 is 1.79. The van der Waals surface area contributed by atoms with E-state index in [-0.39, 0.29) is 5.91 Å². The molecule has 1 amide bonds. The van der Waals surface area contributed by atoms with Crippen LogP contribution in [0.15, 0.2) is 52.8 Å². The van der Waals surface area contributed by atoms with E-state index in [1.807, 2.05) is 21.7 Å². The highest BCUT2D eigenvalue weighted by Gasteiger charge is 2.29. The predicted octanol–water partition coefficient (Wildman–Crippen LogP) is 4.21. The molecule has 0 N–H and O–H groups in total. The van der Waals surface area contributed by atoms with E-state index in [1.165, 1.54) is 11.3 Å². The fraction of sp³-hybridized carbons (Fsp3) is 0.400. The Bertz CT molecular complexity index is 823. The Labute approximate surface area is 157 Å². The fourth-order valence-electron chi connectivity index (χ4n) is 3.61. The molecule has 0 bridgehead atoms. The molecule has 3 aromatic heterocycles. The van der Waals surface area contributed by atoms with Crippen LogP contribution < -0.4 is 0 Å². The van der Waals surface area contributed by atoms with Crippen LogP contribution >= 0.6 is 11.3 Å². The Morgan fingerprint density at radius 1 is 1.31 bits per heavy atom. The van der Waals surface area contributed by atoms with E-state index in [1.54, 1.807) is 29.9 Å². The lowest BCUT2D eigenvalue weighted by atomic mass is 9.97. The van der Waals surface area contributed by atoms with Crippen molar-refractivity contribution < 1.29 is 9.21 Å². The Morgan fingerprint density at radius 3 is 3.08 bits per heavy atom. The average molecular weight is 369 g/mol. The van der Waals surface area contributed by atoms with Crippen LogP contribution in [0.1, 0.15) is 46.9 Å². The number of carbonyl (C=O) groups is 1. The van der Waals surface area contributed by atoms with Crippen LogP contribution in [0.3, 0.4) is 0 Å². The average Bonchev–Trinajstić information content (AvgIpc) is 3.43. The first-order chi connectivity index (χ1) is 12.8. The standard InChI is InChI=1S/C20H23N3O2S/c24-20(19-9-7-17(25-19)14-22-12-10-21-15-22)23-11-2-1-4-16(23)6-8-18-5-3-13-26-18/h3,5,7,9-10,12-13,15-16H,1-2,4,6,8,11,14H2/t16-/m0/s1. The van der Waals surface area contributed by atoms with Gasteiger partial charge < -0.3 is 13.9 Å². The Hall–Kier alpha value is -2.34. The van der Waals surface area contributed by atoms with Gasteiger partial charge in [-0.3, -0.25) is 4.79 Å². The van der Waals surface area contributed by atoms with Crippen LogP contribution in [0, 0.1) is 0 Å². The second-order valence-electron chi connectivity index (χ2n) is 6.77. The zero-order chi connectivity index (χ0) is 17.8. The zero-order valence-electron chi connectivity index (χ0n) is 14.7. The number of hydrogen-bond acceptors (Lipinski definition) is 4. The van der Waals surface area contributed by atoms with Crippen molar-refractivity contribution in [3.63, 3.8) is 0 Å². The molecule has 0 aliphatic carbocycles. The molecule has 0 spiro atoms. The van der Waals surface area contributed by atoms with Gasteiger partial charge in [0, 0.05) is 29.9 Å². The minimum Gasteiger partial charge on any atom is -0.454 e. The van der Waals surface area contributed by atoms with Gasteiger partial charge in [0.2, 0.25) is 0 Å². The van der Waals surface area contributed by atoms with Crippen molar-refractivity contribution in [2.45, 2.75) is 44.7 Å². The number of thiophene rings is 1. The number of hydrogen-bond donors (Lipinski definition) is 0. The Kier molecular flexibility index (Phi) is 5.20. The largest absolute Gasteiger partial charge is 0.454 e. The number of piperidine rings is 1. The maximum absolute atomic E-state index is 13.0. The van der Waals surface area contributed by atoms with E-state index < -0.39 is 0 Å². The van der Waals surface area contributed by atoms with Crippen molar-refractivity contribution >= 4 is 17.2 Å². The molecule has 6 heteroatoms. The van der Waals surface area contributed by atoms with E-state index in [0.29, 0.717) is 18.3 Å². The molecule has 3 aromatic rings. The van der Waals surface area contributed by atoms with E-state index in [9.17, 15) is 4.79 Å². The lowest BCUT2D eigenvalue weighted by Gasteiger charge is -2.35. The van der Waals surface area contributed by atoms with Gasteiger partial charge >= 0.3 is 0 Å². The van der Waals surface area contributed by atoms with Gasteiger partial charge in [-0.1, -0.05) is 6.07 Å². The SMILES string of the molecule is O=C(c1ccc(Cn2ccnc2)o1)N1CCCC[C@H]1CCc1cccs1. The summed E-state index contributed by atoms with van der Waals surface area (Å²) < 4.78 is 7.76. The van der Waals surface area contributed by atoms with Gasteiger partial charge in [0.15, 0.2) is 5.76 Å². The number of nitrogens with zero attached hydrogens (tertiary/aromatic N) is 3. The molecule has 136 valence electrons. The number of aryl methyl sites for hydroxylation is 1. The van der Waals surface area contributed by atoms with Crippen LogP contribution in [0.2, 0.25) is 0 Å². The number of imidazole rings is 1. The highest BCUT2D eigenvalue weighted by atomic mass is 32.1. The van der Waals surface area contributed by atoms with Crippen LogP contribution in [0.4, 0.5) is 0 Å². The monoisotopic (exact) mass is 369 g/mol. The van der Waals surface area contributed by atoms with Crippen LogP contribution in [0.5, 0.6) is 0 Å². The second kappa shape index (κ2) is 7.91. The third-order valence-electron chi connectivity index (χ3n) is 4.96. The third-order valence-corrected chi connectivity index (χ3v) is 5.90. The minimum absolute atomic E-state index is 0.0257. The summed E-state index contributed by atoms with van der Waals surface area (Å²) in [6, 6.07) is 8.26. The molecule has 0 radical (unpaired) electrons. The van der Waals surface area contributed by atoms with Crippen molar-refractivity contribution in [1.29, 1.82) is 0 Å². The van der Waals surface area contributed by atoms with Gasteiger partial charge in [-0.25, -0.2) is 4.98 Å². The van der Waals surface area contributed by atoms with E-state index in [2.05, 4.69) is 22.5 Å². The lowest BCUT2D eigenvalue weighted by Crippen LogP contribution is -2.43. The molecule has 0 aromatic carbocycles. The topological polar surface area (TPSA) is 51.3 Å². The highest BCUT2D eigenvalue weighted by Crippen LogP contribution is 2.25. The van der Waals surface area contributed by atoms with Gasteiger partial charge in [0.25, 0.3) is 5.91 Å². The number of carbonyl (C=O) groups excluding carboxylic acids is 1. The highest BCUT2D eigenvalue weighted by molar-refractivity contribution is 7.09. The third kappa shape index (κ3) is 3.90. The number of rotatable bonds is 6. The summed E-state index contributed by atoms with van der Waals surface area (Å²) in [6.07, 6.45) is 10.8. The van der Waals surface area contributed by atoms with E-state index in [0.717, 1.165) is 38.0 Å². The van der Waals surface area contributed by atoms with Crippen LogP contribution in [-0.4, -0.2) is 32.9 Å². The number of furan rings is 1. The molecular formula is C20H23N3O2S. The number of aromatic nitrogens is 2. The summed E-state index contributed by atoms with van der Waals surface area (Å²) in [5.74, 6) is 1.25. The smallest absolute Gasteiger partial charge is 0.289 e. The van der Waals surface area contributed by atoms with E-state index in [4.69, 9.17) is 4.42 Å². The Balaban J connectivity index is 1.42. The van der Waals surface area contributed by atoms with Crippen molar-refractivity contribution in [2.24, 2.45) is 0 Å². The van der Waals surface area contributed by atoms with Crippen molar-refractivity contribution in [2.75, 3.05) is 6.54 Å². The molecule has 1 aliphatic rings. The normalized spacial score (nSPS) is 17.5. The molecule has 0 saturated carbocycles. The predicted molar refractivity (Wildman–Crippen MR) is 101 cm³/mol. The van der Waals surface area contributed by atoms with Gasteiger partial charge in [-0.2, -0.15) is 0 Å². The maximum atomic E-state index is 13.0. The van der Waals surface area contributed by atoms with E-state index >= 15 is 0 Å². The molecule has 1 aliphatic heterocycles. The first-order valence-corrected chi connectivity index (χ1v) is 10.1. The van der Waals surface area contributed by atoms with Crippen molar-refractivity contribution in [3.05, 3.63) is 64.8 Å². The molecular weight excluding hydrogens is 346 g/mol. The Morgan fingerprint density at radius 2 is 2.27 bits per heavy atom. The van der Waals surface area contributed by atoms with Crippen molar-refractivity contribution in [3.8, 4) is 0 Å². The molecule has 1 saturated heterocycles. The van der Waals surface area contributed by atoms with Crippen molar-refractivity contribution in [1.82, 2.24) is 14.5 Å². The maximum Gasteiger partial charge on any atom is 0.289 e. The number of amides is 1. The first kappa shape index (κ1) is 17.1. The molecule has 4 rings (SSSR count). The van der Waals surface area contributed by atoms with Crippen LogP contribution in [0.25, 0.3) is 0 Å². The summed E-state index contributed by atoms with van der Waals surface area (Å²) in [5, 5.41) is 2.11. The second-order valence-corrected chi connectivity index (χ2v) is 7.80. The molecule has 5 nitrogen and oxygen atoms in total. The zero-order valence-corrected chi connectivity index (χ0v) is 15.5. The molecule has 1 fully saturated rings. The molecule has 0 unspecified atom stereocenters. The first-order valence-electron chi connectivity index (χ1n) is 9.17. The van der Waals surface area contributed by atoms with Gasteiger partial charge in [0.05, 0.1) is 12.9 Å². The summed E-state index contributed by atoms with van der Waals surface area (Å²) in [5.41, 5.74) is 0. The van der Waals surface area contributed by atoms with Gasteiger partial charge in [0.1, 0.15) is 5.76 Å². The number of likely N-dealkylation sites (tertiary alicyclic amines) is 1. The fourth-order valence-corrected chi connectivity index (χ4v) is 4.34.